The van der Waals surface area contributed by atoms with E-state index in [9.17, 15) is 14.7 Å². The van der Waals surface area contributed by atoms with Crippen LogP contribution in [0.4, 0.5) is 0 Å². The van der Waals surface area contributed by atoms with Gasteiger partial charge in [0.25, 0.3) is 5.91 Å². The Morgan fingerprint density at radius 1 is 0.915 bits per heavy atom. The van der Waals surface area contributed by atoms with Crippen LogP contribution in [-0.2, 0) is 20.1 Å². The summed E-state index contributed by atoms with van der Waals surface area (Å²) in [6, 6.07) is 18.3. The van der Waals surface area contributed by atoms with Crippen molar-refractivity contribution in [2.24, 2.45) is 7.05 Å². The average molecular weight is 657 g/mol. The van der Waals surface area contributed by atoms with Crippen molar-refractivity contribution >= 4 is 23.5 Å². The first-order valence-corrected chi connectivity index (χ1v) is 16.1. The Kier molecular flexibility index (Phi) is 10.0. The summed E-state index contributed by atoms with van der Waals surface area (Å²) < 4.78 is 16.1. The summed E-state index contributed by atoms with van der Waals surface area (Å²) in [6.07, 6.45) is 7.83. The van der Waals surface area contributed by atoms with Gasteiger partial charge in [-0.15, -0.1) is 0 Å². The fraction of sp³-hybridized carbons (Fsp3) is 0.314. The molecule has 3 aromatic heterocycles. The number of halogens is 1. The van der Waals surface area contributed by atoms with Gasteiger partial charge in [-0.25, -0.2) is 9.78 Å². The molecule has 0 spiro atoms. The van der Waals surface area contributed by atoms with Gasteiger partial charge in [0.15, 0.2) is 0 Å². The van der Waals surface area contributed by atoms with Crippen molar-refractivity contribution < 1.29 is 23.8 Å². The molecule has 1 amide bonds. The standard InChI is InChI=1S/C35H37ClN6O5/c1-39-31(12-13-38-39)34(43)42-16-3-2-15-40(24-28-9-11-32(47-28)25-8-10-30(36)29(23-25)35(44)45)19-20-41-18-14-37-33(41)26-6-4-7-27(22-26)46-21-5-17-42/h4,6-14,18,22-23H,2-3,5,15-17,19-21,24H2,1H3,(H,44,45). The molecule has 1 aliphatic heterocycles. The second kappa shape index (κ2) is 14.7. The predicted molar refractivity (Wildman–Crippen MR) is 178 cm³/mol. The van der Waals surface area contributed by atoms with Crippen LogP contribution in [0.1, 0.15) is 45.9 Å². The van der Waals surface area contributed by atoms with Gasteiger partial charge in [0.2, 0.25) is 0 Å². The minimum absolute atomic E-state index is 0.0308. The van der Waals surface area contributed by atoms with Crippen LogP contribution in [0.5, 0.6) is 5.75 Å². The lowest BCUT2D eigenvalue weighted by Gasteiger charge is -2.25. The summed E-state index contributed by atoms with van der Waals surface area (Å²) in [4.78, 5) is 34.0. The van der Waals surface area contributed by atoms with E-state index in [0.29, 0.717) is 56.2 Å². The highest BCUT2D eigenvalue weighted by molar-refractivity contribution is 6.33. The number of furan rings is 1. The molecule has 0 aliphatic carbocycles. The van der Waals surface area contributed by atoms with Crippen molar-refractivity contribution in [2.45, 2.75) is 32.4 Å². The molecule has 1 N–H and O–H groups in total. The Morgan fingerprint density at radius 3 is 2.60 bits per heavy atom. The molecule has 0 unspecified atom stereocenters. The van der Waals surface area contributed by atoms with Gasteiger partial charge < -0.3 is 23.7 Å². The fourth-order valence-electron chi connectivity index (χ4n) is 5.82. The highest BCUT2D eigenvalue weighted by Crippen LogP contribution is 2.28. The number of carboxylic acid groups (broad SMARTS) is 1. The van der Waals surface area contributed by atoms with Crippen LogP contribution < -0.4 is 4.74 Å². The number of rotatable bonds is 5. The zero-order valence-electron chi connectivity index (χ0n) is 26.2. The van der Waals surface area contributed by atoms with Crippen LogP contribution in [0.3, 0.4) is 0 Å². The lowest BCUT2D eigenvalue weighted by molar-refractivity contribution is 0.0694. The first-order valence-electron chi connectivity index (χ1n) is 15.7. The maximum absolute atomic E-state index is 13.5. The Labute approximate surface area is 277 Å². The van der Waals surface area contributed by atoms with Crippen LogP contribution in [-0.4, -0.2) is 78.9 Å². The molecule has 2 bridgehead atoms. The van der Waals surface area contributed by atoms with Crippen molar-refractivity contribution in [3.63, 3.8) is 0 Å². The van der Waals surface area contributed by atoms with Gasteiger partial charge in [-0.05, 0) is 74.3 Å². The summed E-state index contributed by atoms with van der Waals surface area (Å²) in [7, 11) is 1.78. The van der Waals surface area contributed by atoms with Crippen molar-refractivity contribution in [2.75, 3.05) is 32.8 Å². The van der Waals surface area contributed by atoms with Crippen LogP contribution in [0.2, 0.25) is 5.02 Å². The van der Waals surface area contributed by atoms with Gasteiger partial charge in [-0.2, -0.15) is 5.10 Å². The smallest absolute Gasteiger partial charge is 0.337 e. The summed E-state index contributed by atoms with van der Waals surface area (Å²) >= 11 is 6.08. The highest BCUT2D eigenvalue weighted by Gasteiger charge is 2.20. The van der Waals surface area contributed by atoms with Gasteiger partial charge in [0.05, 0.1) is 23.7 Å². The average Bonchev–Trinajstić information content (AvgIpc) is 3.84. The maximum atomic E-state index is 13.5. The SMILES string of the molecule is Cn1nccc1C(=O)N1CCCCN(Cc2ccc(-c3ccc(Cl)c(C(=O)O)c3)o2)CCn2ccnc2-c2cccc(c2)OCCC1. The van der Waals surface area contributed by atoms with Crippen LogP contribution in [0.15, 0.2) is 83.7 Å². The van der Waals surface area contributed by atoms with Gasteiger partial charge in [-0.1, -0.05) is 23.7 Å². The summed E-state index contributed by atoms with van der Waals surface area (Å²) in [5.41, 5.74) is 2.21. The molecule has 244 valence electrons. The highest BCUT2D eigenvalue weighted by atomic mass is 35.5. The molecule has 11 nitrogen and oxygen atoms in total. The Balaban J connectivity index is 1.22. The van der Waals surface area contributed by atoms with Gasteiger partial charge in [-0.3, -0.25) is 14.4 Å². The van der Waals surface area contributed by atoms with E-state index >= 15 is 0 Å². The first kappa shape index (κ1) is 32.1. The van der Waals surface area contributed by atoms with Crippen LogP contribution in [0, 0.1) is 0 Å². The van der Waals surface area contributed by atoms with E-state index in [2.05, 4.69) is 19.5 Å². The van der Waals surface area contributed by atoms with Crippen molar-refractivity contribution in [3.8, 4) is 28.5 Å². The van der Waals surface area contributed by atoms with Crippen LogP contribution in [0.25, 0.3) is 22.7 Å². The fourth-order valence-corrected chi connectivity index (χ4v) is 6.02. The number of carbonyl (C=O) groups is 2. The number of hydrogen-bond acceptors (Lipinski definition) is 7. The third-order valence-corrected chi connectivity index (χ3v) is 8.64. The zero-order valence-corrected chi connectivity index (χ0v) is 27.0. The number of benzene rings is 2. The van der Waals surface area contributed by atoms with Crippen molar-refractivity contribution in [1.82, 2.24) is 29.1 Å². The second-order valence-electron chi connectivity index (χ2n) is 11.6. The van der Waals surface area contributed by atoms with Gasteiger partial charge >= 0.3 is 5.97 Å². The number of amides is 1. The van der Waals surface area contributed by atoms with E-state index in [-0.39, 0.29) is 16.5 Å². The van der Waals surface area contributed by atoms with Crippen molar-refractivity contribution in [1.29, 1.82) is 0 Å². The Bertz CT molecular complexity index is 1840. The number of fused-ring (bicyclic) bond motifs is 4. The number of hydrogen-bond donors (Lipinski definition) is 1. The molecular formula is C35H37ClN6O5. The molecule has 4 heterocycles. The number of nitrogens with zero attached hydrogens (tertiary/aromatic N) is 6. The Morgan fingerprint density at radius 2 is 1.77 bits per heavy atom. The lowest BCUT2D eigenvalue weighted by Crippen LogP contribution is -2.35. The summed E-state index contributed by atoms with van der Waals surface area (Å²) in [5.74, 6) is 1.84. The largest absolute Gasteiger partial charge is 0.494 e. The molecular weight excluding hydrogens is 620 g/mol. The normalized spacial score (nSPS) is 15.1. The third kappa shape index (κ3) is 7.75. The molecule has 5 aromatic rings. The number of aromatic carboxylic acids is 1. The first-order chi connectivity index (χ1) is 22.9. The van der Waals surface area contributed by atoms with E-state index in [0.717, 1.165) is 48.8 Å². The Hall–Kier alpha value is -4.87. The summed E-state index contributed by atoms with van der Waals surface area (Å²) in [5, 5.41) is 13.9. The number of aryl methyl sites for hydroxylation is 1. The van der Waals surface area contributed by atoms with E-state index in [4.69, 9.17) is 20.8 Å². The number of ether oxygens (including phenoxy) is 1. The van der Waals surface area contributed by atoms with E-state index in [1.165, 1.54) is 6.07 Å². The summed E-state index contributed by atoms with van der Waals surface area (Å²) in [6.45, 7) is 4.46. The second-order valence-corrected chi connectivity index (χ2v) is 12.0. The monoisotopic (exact) mass is 656 g/mol. The molecule has 6 rings (SSSR count). The molecule has 0 saturated heterocycles. The molecule has 12 heteroatoms. The number of carbonyl (C=O) groups excluding carboxylic acids is 1. The predicted octanol–water partition coefficient (Wildman–Crippen LogP) is 6.10. The number of aromatic nitrogens is 4. The third-order valence-electron chi connectivity index (χ3n) is 8.31. The molecule has 0 radical (unpaired) electrons. The molecule has 0 fully saturated rings. The maximum Gasteiger partial charge on any atom is 0.337 e. The minimum Gasteiger partial charge on any atom is -0.494 e. The van der Waals surface area contributed by atoms with Gasteiger partial charge in [0, 0.05) is 62.9 Å². The van der Waals surface area contributed by atoms with Crippen molar-refractivity contribution in [3.05, 3.63) is 101 Å². The molecule has 1 aliphatic rings. The minimum atomic E-state index is -1.09. The molecule has 0 atom stereocenters. The number of carboxylic acids is 1. The quantitative estimate of drug-likeness (QED) is 0.241. The lowest BCUT2D eigenvalue weighted by atomic mass is 10.1. The van der Waals surface area contributed by atoms with E-state index in [1.54, 1.807) is 36.1 Å². The van der Waals surface area contributed by atoms with Crippen LogP contribution >= 0.6 is 11.6 Å². The topological polar surface area (TPSA) is 119 Å². The number of imidazole rings is 1. The van der Waals surface area contributed by atoms with Gasteiger partial charge in [0.1, 0.15) is 28.8 Å². The zero-order chi connectivity index (χ0) is 32.8. The molecule has 47 heavy (non-hydrogen) atoms. The van der Waals surface area contributed by atoms with E-state index < -0.39 is 5.97 Å². The van der Waals surface area contributed by atoms with E-state index in [1.807, 2.05) is 53.7 Å². The molecule has 0 saturated carbocycles. The molecule has 2 aromatic carbocycles.